The van der Waals surface area contributed by atoms with Crippen molar-refractivity contribution in [2.75, 3.05) is 0 Å². The monoisotopic (exact) mass is 251 g/mol. The maximum Gasteiger partial charge on any atom is 0.146 e. The van der Waals surface area contributed by atoms with E-state index >= 15 is 0 Å². The van der Waals surface area contributed by atoms with E-state index in [0.717, 1.165) is 18.8 Å². The summed E-state index contributed by atoms with van der Waals surface area (Å²) in [5, 5.41) is 0. The average Bonchev–Trinajstić information content (AvgIpc) is 2.37. The van der Waals surface area contributed by atoms with E-state index in [-0.39, 0.29) is 11.9 Å². The van der Waals surface area contributed by atoms with Crippen LogP contribution in [0, 0.1) is 23.6 Å². The summed E-state index contributed by atoms with van der Waals surface area (Å²) >= 11 is 0. The minimum atomic E-state index is -0.272. The van der Waals surface area contributed by atoms with Gasteiger partial charge in [-0.3, -0.25) is 16.3 Å². The van der Waals surface area contributed by atoms with Gasteiger partial charge in [0.25, 0.3) is 0 Å². The molecule has 1 heterocycles. The maximum atomic E-state index is 13.8. The van der Waals surface area contributed by atoms with Crippen LogP contribution in [0.3, 0.4) is 0 Å². The molecule has 0 aromatic carbocycles. The third-order valence-electron chi connectivity index (χ3n) is 4.43. The Labute approximate surface area is 108 Å². The predicted octanol–water partition coefficient (Wildman–Crippen LogP) is 2.80. The lowest BCUT2D eigenvalue weighted by Gasteiger charge is -2.36. The van der Waals surface area contributed by atoms with Crippen LogP contribution in [0.25, 0.3) is 0 Å². The second kappa shape index (κ2) is 5.76. The molecule has 1 aromatic heterocycles. The Morgan fingerprint density at radius 3 is 2.78 bits per heavy atom. The number of nitrogens with zero attached hydrogens (tertiary/aromatic N) is 1. The normalized spacial score (nSPS) is 30.1. The molecule has 3 nitrogen and oxygen atoms in total. The summed E-state index contributed by atoms with van der Waals surface area (Å²) in [6.07, 6.45) is 6.27. The van der Waals surface area contributed by atoms with Gasteiger partial charge >= 0.3 is 0 Å². The van der Waals surface area contributed by atoms with Crippen LogP contribution in [-0.4, -0.2) is 4.98 Å². The molecule has 1 aromatic rings. The zero-order valence-electron chi connectivity index (χ0n) is 11.1. The number of pyridine rings is 1. The molecule has 100 valence electrons. The topological polar surface area (TPSA) is 50.9 Å². The van der Waals surface area contributed by atoms with Crippen molar-refractivity contribution >= 4 is 0 Å². The lowest BCUT2D eigenvalue weighted by Crippen LogP contribution is -2.37. The van der Waals surface area contributed by atoms with Crippen molar-refractivity contribution in [2.24, 2.45) is 23.6 Å². The summed E-state index contributed by atoms with van der Waals surface area (Å²) in [5.74, 6) is 7.20. The first-order valence-corrected chi connectivity index (χ1v) is 6.69. The molecule has 0 saturated heterocycles. The molecule has 1 fully saturated rings. The highest BCUT2D eigenvalue weighted by atomic mass is 19.1. The molecule has 0 amide bonds. The summed E-state index contributed by atoms with van der Waals surface area (Å²) in [6.45, 7) is 4.56. The van der Waals surface area contributed by atoms with E-state index < -0.39 is 0 Å². The fourth-order valence-electron chi connectivity index (χ4n) is 3.01. The first-order chi connectivity index (χ1) is 8.63. The van der Waals surface area contributed by atoms with Gasteiger partial charge < -0.3 is 0 Å². The van der Waals surface area contributed by atoms with Crippen LogP contribution in [0.1, 0.15) is 44.7 Å². The number of nitrogens with one attached hydrogen (secondary N) is 1. The standard InChI is InChI=1S/C14H22FN3/c1-9-3-4-11(7-10(9)2)14(18-16)12-5-6-17-8-13(12)15/h5-6,8-11,14,18H,3-4,7,16H2,1-2H3. The number of nitrogens with two attached hydrogens (primary N) is 1. The lowest BCUT2D eigenvalue weighted by atomic mass is 9.72. The quantitative estimate of drug-likeness (QED) is 0.641. The molecule has 0 aliphatic heterocycles. The highest BCUT2D eigenvalue weighted by Crippen LogP contribution is 2.39. The minimum absolute atomic E-state index is 0.108. The van der Waals surface area contributed by atoms with Crippen molar-refractivity contribution in [1.82, 2.24) is 10.4 Å². The van der Waals surface area contributed by atoms with E-state index in [4.69, 9.17) is 5.84 Å². The molecule has 4 unspecified atom stereocenters. The zero-order chi connectivity index (χ0) is 13.1. The molecule has 2 rings (SSSR count). The Morgan fingerprint density at radius 2 is 2.17 bits per heavy atom. The third-order valence-corrected chi connectivity index (χ3v) is 4.43. The van der Waals surface area contributed by atoms with Crippen LogP contribution in [0.2, 0.25) is 0 Å². The van der Waals surface area contributed by atoms with Crippen molar-refractivity contribution in [3.63, 3.8) is 0 Å². The van der Waals surface area contributed by atoms with Crippen LogP contribution >= 0.6 is 0 Å². The van der Waals surface area contributed by atoms with Gasteiger partial charge in [0.15, 0.2) is 0 Å². The first kappa shape index (κ1) is 13.4. The fourth-order valence-corrected chi connectivity index (χ4v) is 3.01. The van der Waals surface area contributed by atoms with Gasteiger partial charge in [-0.05, 0) is 36.7 Å². The van der Waals surface area contributed by atoms with Crippen molar-refractivity contribution in [3.8, 4) is 0 Å². The molecule has 4 atom stereocenters. The lowest BCUT2D eigenvalue weighted by molar-refractivity contribution is 0.169. The summed E-state index contributed by atoms with van der Waals surface area (Å²) in [6, 6.07) is 1.62. The molecule has 1 aliphatic rings. The molecule has 4 heteroatoms. The summed E-state index contributed by atoms with van der Waals surface area (Å²) in [5.41, 5.74) is 3.43. The molecule has 0 bridgehead atoms. The van der Waals surface area contributed by atoms with Crippen LogP contribution < -0.4 is 11.3 Å². The van der Waals surface area contributed by atoms with Gasteiger partial charge in [-0.25, -0.2) is 4.39 Å². The van der Waals surface area contributed by atoms with Gasteiger partial charge in [0, 0.05) is 11.8 Å². The molecule has 0 radical (unpaired) electrons. The zero-order valence-corrected chi connectivity index (χ0v) is 11.1. The van der Waals surface area contributed by atoms with Crippen LogP contribution in [0.15, 0.2) is 18.5 Å². The summed E-state index contributed by atoms with van der Waals surface area (Å²) in [7, 11) is 0. The van der Waals surface area contributed by atoms with E-state index in [1.54, 1.807) is 12.3 Å². The number of hydrogen-bond acceptors (Lipinski definition) is 3. The molecule has 0 spiro atoms. The van der Waals surface area contributed by atoms with Gasteiger partial charge in [-0.15, -0.1) is 0 Å². The highest BCUT2D eigenvalue weighted by molar-refractivity contribution is 5.18. The minimum Gasteiger partial charge on any atom is -0.271 e. The molecule has 1 saturated carbocycles. The molecule has 1 aliphatic carbocycles. The second-order valence-electron chi connectivity index (χ2n) is 5.57. The number of halogens is 1. The Morgan fingerprint density at radius 1 is 1.39 bits per heavy atom. The Bertz CT molecular complexity index is 396. The van der Waals surface area contributed by atoms with Crippen molar-refractivity contribution in [1.29, 1.82) is 0 Å². The maximum absolute atomic E-state index is 13.8. The molecule has 18 heavy (non-hydrogen) atoms. The van der Waals surface area contributed by atoms with Gasteiger partial charge in [0.05, 0.1) is 12.2 Å². The number of aromatic nitrogens is 1. The van der Waals surface area contributed by atoms with Gasteiger partial charge in [-0.2, -0.15) is 0 Å². The number of rotatable bonds is 3. The Hall–Kier alpha value is -1.00. The largest absolute Gasteiger partial charge is 0.271 e. The molecular formula is C14H22FN3. The number of hydrogen-bond donors (Lipinski definition) is 2. The van der Waals surface area contributed by atoms with E-state index in [9.17, 15) is 4.39 Å². The number of hydrazine groups is 1. The molecular weight excluding hydrogens is 229 g/mol. The van der Waals surface area contributed by atoms with Crippen LogP contribution in [0.4, 0.5) is 4.39 Å². The Kier molecular flexibility index (Phi) is 4.30. The first-order valence-electron chi connectivity index (χ1n) is 6.69. The van der Waals surface area contributed by atoms with E-state index in [0.29, 0.717) is 17.4 Å². The summed E-state index contributed by atoms with van der Waals surface area (Å²) < 4.78 is 13.8. The third kappa shape index (κ3) is 2.70. The fraction of sp³-hybridized carbons (Fsp3) is 0.643. The average molecular weight is 251 g/mol. The van der Waals surface area contributed by atoms with Crippen molar-refractivity contribution < 1.29 is 4.39 Å². The van der Waals surface area contributed by atoms with Crippen LogP contribution in [0.5, 0.6) is 0 Å². The van der Waals surface area contributed by atoms with Crippen LogP contribution in [-0.2, 0) is 0 Å². The molecule has 3 N–H and O–H groups in total. The second-order valence-corrected chi connectivity index (χ2v) is 5.57. The van der Waals surface area contributed by atoms with Gasteiger partial charge in [-0.1, -0.05) is 20.3 Å². The Balaban J connectivity index is 2.17. The highest BCUT2D eigenvalue weighted by Gasteiger charge is 2.31. The smallest absolute Gasteiger partial charge is 0.146 e. The van der Waals surface area contributed by atoms with E-state index in [1.807, 2.05) is 0 Å². The van der Waals surface area contributed by atoms with Gasteiger partial charge in [0.1, 0.15) is 5.82 Å². The predicted molar refractivity (Wildman–Crippen MR) is 69.9 cm³/mol. The van der Waals surface area contributed by atoms with Crippen molar-refractivity contribution in [3.05, 3.63) is 29.8 Å². The SMILES string of the molecule is CC1CCC(C(NN)c2ccncc2F)CC1C. The van der Waals surface area contributed by atoms with Crippen molar-refractivity contribution in [2.45, 2.75) is 39.2 Å². The van der Waals surface area contributed by atoms with E-state index in [2.05, 4.69) is 24.3 Å². The van der Waals surface area contributed by atoms with Gasteiger partial charge in [0.2, 0.25) is 0 Å². The summed E-state index contributed by atoms with van der Waals surface area (Å²) in [4.78, 5) is 3.79. The van der Waals surface area contributed by atoms with E-state index in [1.165, 1.54) is 12.6 Å².